The second-order valence-corrected chi connectivity index (χ2v) is 14.2. The van der Waals surface area contributed by atoms with E-state index in [-0.39, 0.29) is 56.3 Å². The zero-order valence-electron chi connectivity index (χ0n) is 28.4. The Labute approximate surface area is 304 Å². The van der Waals surface area contributed by atoms with Crippen LogP contribution < -0.4 is 24.7 Å². The lowest BCUT2D eigenvalue weighted by molar-refractivity contribution is 0.189. The van der Waals surface area contributed by atoms with Crippen LogP contribution in [-0.4, -0.2) is 59.4 Å². The summed E-state index contributed by atoms with van der Waals surface area (Å²) in [6.07, 6.45) is -1.01. The fraction of sp³-hybridized carbons (Fsp3) is 0.200. The largest absolute Gasteiger partial charge is 0.497 e. The molecule has 0 spiro atoms. The van der Waals surface area contributed by atoms with Gasteiger partial charge in [-0.25, -0.2) is 35.7 Å². The summed E-state index contributed by atoms with van der Waals surface area (Å²) in [7, 11) is 0.111. The number of benzene rings is 4. The number of nitrogens with one attached hydrogen (secondary N) is 1. The third-order valence-corrected chi connectivity index (χ3v) is 9.83. The van der Waals surface area contributed by atoms with E-state index in [0.29, 0.717) is 17.4 Å². The quantitative estimate of drug-likeness (QED) is 0.164. The van der Waals surface area contributed by atoms with E-state index in [4.69, 9.17) is 21.1 Å². The minimum Gasteiger partial charge on any atom is -0.497 e. The van der Waals surface area contributed by atoms with Crippen molar-refractivity contribution in [3.05, 3.63) is 117 Å². The predicted octanol–water partition coefficient (Wildman–Crippen LogP) is 5.88. The summed E-state index contributed by atoms with van der Waals surface area (Å²) in [6, 6.07) is 12.8. The first kappa shape index (κ1) is 37.0. The zero-order valence-corrected chi connectivity index (χ0v) is 30.0. The number of ether oxygens (including phenoxy) is 2. The molecule has 0 aliphatic heterocycles. The molecule has 2 aromatic heterocycles. The third kappa shape index (κ3) is 7.17. The number of halogens is 4. The van der Waals surface area contributed by atoms with E-state index in [2.05, 4.69) is 15.4 Å². The van der Waals surface area contributed by atoms with Crippen molar-refractivity contribution in [2.45, 2.75) is 19.0 Å². The van der Waals surface area contributed by atoms with E-state index in [1.54, 1.807) is 24.3 Å². The van der Waals surface area contributed by atoms with E-state index in [9.17, 15) is 36.3 Å². The highest BCUT2D eigenvalue weighted by atomic mass is 35.5. The number of fused-ring (bicyclic) bond motifs is 2. The van der Waals surface area contributed by atoms with E-state index >= 15 is 0 Å². The first-order valence-electron chi connectivity index (χ1n) is 15.6. The molecule has 53 heavy (non-hydrogen) atoms. The van der Waals surface area contributed by atoms with Gasteiger partial charge in [0.15, 0.2) is 17.4 Å². The Morgan fingerprint density at radius 3 is 2.28 bits per heavy atom. The van der Waals surface area contributed by atoms with Crippen LogP contribution in [0.1, 0.15) is 23.0 Å². The van der Waals surface area contributed by atoms with Crippen molar-refractivity contribution in [1.82, 2.24) is 24.6 Å². The summed E-state index contributed by atoms with van der Waals surface area (Å²) in [5.74, 6) is -3.02. The molecule has 4 aromatic carbocycles. The number of amides is 1. The lowest BCUT2D eigenvalue weighted by atomic mass is 10.0. The van der Waals surface area contributed by atoms with Crippen LogP contribution in [0.2, 0.25) is 5.02 Å². The summed E-state index contributed by atoms with van der Waals surface area (Å²) in [4.78, 5) is 31.3. The molecule has 18 heteroatoms. The number of sulfonamides is 1. The molecule has 0 radical (unpaired) electrons. The van der Waals surface area contributed by atoms with Crippen LogP contribution in [0, 0.1) is 17.5 Å². The molecule has 0 aliphatic rings. The predicted molar refractivity (Wildman–Crippen MR) is 191 cm³/mol. The standard InChI is InChI=1S/C35H30ClF3N6O7S/c1-43-30-27(12-10-24(36)28(30)33(42-43)44(53(4,49)50)17-18-5-7-22(51-2)8-6-18)45-32(41-29-23(34(45)46)9-11-25(39)31(29)52-3)26(40-35(47)48)15-19-13-20(37)16-21(38)14-19/h5-14,16,26,40H,15,17H2,1-4H3,(H,47,48)/t26-/m0/s1. The molecule has 13 nitrogen and oxygen atoms in total. The van der Waals surface area contributed by atoms with Gasteiger partial charge in [0.25, 0.3) is 5.56 Å². The second kappa shape index (κ2) is 14.3. The van der Waals surface area contributed by atoms with Gasteiger partial charge in [-0.1, -0.05) is 23.7 Å². The van der Waals surface area contributed by atoms with Gasteiger partial charge in [0.2, 0.25) is 10.0 Å². The molecule has 0 bridgehead atoms. The van der Waals surface area contributed by atoms with Crippen LogP contribution in [0.5, 0.6) is 11.5 Å². The Kier molecular flexibility index (Phi) is 9.98. The number of methoxy groups -OCH3 is 2. The van der Waals surface area contributed by atoms with Crippen molar-refractivity contribution >= 4 is 55.3 Å². The number of carbonyl (C=O) groups is 1. The molecule has 0 saturated carbocycles. The van der Waals surface area contributed by atoms with Gasteiger partial charge in [-0.3, -0.25) is 14.0 Å². The maximum atomic E-state index is 15.0. The number of aryl methyl sites for hydroxylation is 1. The topological polar surface area (TPSA) is 158 Å². The number of aromatic nitrogens is 4. The van der Waals surface area contributed by atoms with E-state index < -0.39 is 57.3 Å². The lowest BCUT2D eigenvalue weighted by Crippen LogP contribution is -2.35. The molecule has 1 amide bonds. The van der Waals surface area contributed by atoms with Crippen molar-refractivity contribution in [2.75, 3.05) is 24.8 Å². The van der Waals surface area contributed by atoms with Gasteiger partial charge in [0.1, 0.15) is 28.7 Å². The fourth-order valence-electron chi connectivity index (χ4n) is 6.14. The highest BCUT2D eigenvalue weighted by molar-refractivity contribution is 7.92. The summed E-state index contributed by atoms with van der Waals surface area (Å²) in [5.41, 5.74) is -0.360. The van der Waals surface area contributed by atoms with Gasteiger partial charge in [-0.15, -0.1) is 0 Å². The maximum absolute atomic E-state index is 15.0. The Bertz CT molecular complexity index is 2560. The number of hydrogen-bond donors (Lipinski definition) is 2. The average molecular weight is 771 g/mol. The Balaban J connectivity index is 1.66. The van der Waals surface area contributed by atoms with E-state index in [1.165, 1.54) is 37.0 Å². The molecular formula is C35H30ClF3N6O7S. The van der Waals surface area contributed by atoms with Crippen LogP contribution in [0.15, 0.2) is 71.5 Å². The second-order valence-electron chi connectivity index (χ2n) is 11.9. The molecule has 0 aliphatic carbocycles. The Morgan fingerprint density at radius 2 is 1.68 bits per heavy atom. The number of nitrogens with zero attached hydrogens (tertiary/aromatic N) is 5. The van der Waals surface area contributed by atoms with Crippen LogP contribution in [0.25, 0.3) is 27.5 Å². The van der Waals surface area contributed by atoms with Crippen LogP contribution in [0.4, 0.5) is 23.8 Å². The van der Waals surface area contributed by atoms with Gasteiger partial charge < -0.3 is 19.9 Å². The van der Waals surface area contributed by atoms with Crippen LogP contribution >= 0.6 is 11.6 Å². The summed E-state index contributed by atoms with van der Waals surface area (Å²) in [5, 5.41) is 16.7. The monoisotopic (exact) mass is 770 g/mol. The van der Waals surface area contributed by atoms with Crippen molar-refractivity contribution in [1.29, 1.82) is 0 Å². The third-order valence-electron chi connectivity index (χ3n) is 8.41. The molecular weight excluding hydrogens is 741 g/mol. The molecule has 276 valence electrons. The normalized spacial score (nSPS) is 12.2. The SMILES string of the molecule is COc1ccc(CN(c2nn(C)c3c(-n4c([C@H](Cc5cc(F)cc(F)c5)NC(=O)O)nc5c(OC)c(F)ccc5c4=O)ccc(Cl)c23)S(C)(=O)=O)cc1. The summed E-state index contributed by atoms with van der Waals surface area (Å²) >= 11 is 6.76. The van der Waals surface area contributed by atoms with Gasteiger partial charge in [0, 0.05) is 19.5 Å². The van der Waals surface area contributed by atoms with Crippen molar-refractivity contribution in [3.63, 3.8) is 0 Å². The first-order valence-corrected chi connectivity index (χ1v) is 17.8. The van der Waals surface area contributed by atoms with Crippen LogP contribution in [0.3, 0.4) is 0 Å². The number of anilines is 1. The highest BCUT2D eigenvalue weighted by Crippen LogP contribution is 2.38. The van der Waals surface area contributed by atoms with Gasteiger partial charge in [-0.05, 0) is 59.7 Å². The van der Waals surface area contributed by atoms with Gasteiger partial charge in [0.05, 0.1) is 60.1 Å². The van der Waals surface area contributed by atoms with E-state index in [0.717, 1.165) is 40.4 Å². The van der Waals surface area contributed by atoms with Crippen LogP contribution in [-0.2, 0) is 30.0 Å². The molecule has 2 heterocycles. The van der Waals surface area contributed by atoms with Gasteiger partial charge in [-0.2, -0.15) is 5.10 Å². The fourth-order valence-corrected chi connectivity index (χ4v) is 7.20. The lowest BCUT2D eigenvalue weighted by Gasteiger charge is -2.23. The van der Waals surface area contributed by atoms with Gasteiger partial charge >= 0.3 is 6.09 Å². The molecule has 6 rings (SSSR count). The van der Waals surface area contributed by atoms with Crippen molar-refractivity contribution in [3.8, 4) is 17.2 Å². The van der Waals surface area contributed by atoms with Crippen molar-refractivity contribution in [2.24, 2.45) is 7.05 Å². The molecule has 0 saturated heterocycles. The number of hydrogen-bond acceptors (Lipinski definition) is 8. The highest BCUT2D eigenvalue weighted by Gasteiger charge is 2.31. The zero-order chi connectivity index (χ0) is 38.4. The molecule has 0 fully saturated rings. The Morgan fingerprint density at radius 1 is 1.00 bits per heavy atom. The minimum absolute atomic E-state index is 0.000230. The molecule has 0 unspecified atom stereocenters. The molecule has 6 aromatic rings. The average Bonchev–Trinajstić information content (AvgIpc) is 3.43. The molecule has 1 atom stereocenters. The molecule has 2 N–H and O–H groups in total. The number of rotatable bonds is 11. The Hall–Kier alpha value is -5.81. The maximum Gasteiger partial charge on any atom is 0.405 e. The first-order chi connectivity index (χ1) is 25.1. The van der Waals surface area contributed by atoms with Crippen molar-refractivity contribution < 1.29 is 41.0 Å². The summed E-state index contributed by atoms with van der Waals surface area (Å²) in [6.45, 7) is -0.168. The summed E-state index contributed by atoms with van der Waals surface area (Å²) < 4.78 is 84.0. The number of carboxylic acid groups (broad SMARTS) is 1. The van der Waals surface area contributed by atoms with E-state index in [1.807, 2.05) is 0 Å². The minimum atomic E-state index is -4.03. The smallest absolute Gasteiger partial charge is 0.405 e.